The first-order valence-electron chi connectivity index (χ1n) is 12.1. The molecule has 1 atom stereocenters. The standard InChI is InChI=1S/C27H36N4O3S/c1-18-7-6-8-19(2)26(18)29-25(33)15-30-11-12-31(27(4,5)17-30)14-21(32)16-34-22-9-10-24-23(13-22)28-20(3)35-24/h6-10,13,21,32H,11-12,14-17H2,1-5H3,(H,29,33)/t21-/m0/s1. The van der Waals surface area contributed by atoms with Gasteiger partial charge in [-0.05, 0) is 57.9 Å². The summed E-state index contributed by atoms with van der Waals surface area (Å²) in [6.07, 6.45) is -0.610. The van der Waals surface area contributed by atoms with Gasteiger partial charge in [-0.2, -0.15) is 0 Å². The lowest BCUT2D eigenvalue weighted by atomic mass is 9.98. The van der Waals surface area contributed by atoms with Crippen LogP contribution in [0.25, 0.3) is 10.2 Å². The molecule has 8 heteroatoms. The van der Waals surface area contributed by atoms with Crippen LogP contribution in [-0.4, -0.2) is 76.8 Å². The van der Waals surface area contributed by atoms with Gasteiger partial charge in [-0.3, -0.25) is 14.6 Å². The van der Waals surface area contributed by atoms with Crippen LogP contribution in [0.3, 0.4) is 0 Å². The molecule has 0 aliphatic carbocycles. The Balaban J connectivity index is 1.26. The van der Waals surface area contributed by atoms with Crippen molar-refractivity contribution in [2.45, 2.75) is 46.3 Å². The second-order valence-electron chi connectivity index (χ2n) is 10.1. The molecule has 0 bridgehead atoms. The van der Waals surface area contributed by atoms with E-state index in [1.54, 1.807) is 11.3 Å². The van der Waals surface area contributed by atoms with E-state index in [1.807, 2.05) is 57.2 Å². The molecule has 0 spiro atoms. The number of anilines is 1. The third kappa shape index (κ3) is 6.38. The van der Waals surface area contributed by atoms with Gasteiger partial charge < -0.3 is 15.2 Å². The smallest absolute Gasteiger partial charge is 0.238 e. The first kappa shape index (κ1) is 25.6. The average molecular weight is 497 g/mol. The summed E-state index contributed by atoms with van der Waals surface area (Å²) in [4.78, 5) is 21.7. The first-order chi connectivity index (χ1) is 16.6. The Labute approximate surface area is 211 Å². The van der Waals surface area contributed by atoms with Crippen molar-refractivity contribution in [3.05, 3.63) is 52.5 Å². The normalized spacial score (nSPS) is 17.4. The predicted octanol–water partition coefficient (Wildman–Crippen LogP) is 4.00. The minimum Gasteiger partial charge on any atom is -0.491 e. The Kier molecular flexibility index (Phi) is 7.76. The van der Waals surface area contributed by atoms with Gasteiger partial charge >= 0.3 is 0 Å². The van der Waals surface area contributed by atoms with Crippen LogP contribution in [0.4, 0.5) is 5.69 Å². The van der Waals surface area contributed by atoms with Crippen molar-refractivity contribution < 1.29 is 14.6 Å². The second kappa shape index (κ2) is 10.6. The number of piperazine rings is 1. The van der Waals surface area contributed by atoms with E-state index >= 15 is 0 Å². The monoisotopic (exact) mass is 496 g/mol. The molecule has 7 nitrogen and oxygen atoms in total. The number of benzene rings is 2. The van der Waals surface area contributed by atoms with E-state index in [4.69, 9.17) is 4.74 Å². The second-order valence-corrected chi connectivity index (χ2v) is 11.3. The molecule has 0 radical (unpaired) electrons. The molecule has 188 valence electrons. The lowest BCUT2D eigenvalue weighted by Gasteiger charge is -2.47. The van der Waals surface area contributed by atoms with Crippen LogP contribution in [0, 0.1) is 20.8 Å². The highest BCUT2D eigenvalue weighted by atomic mass is 32.1. The van der Waals surface area contributed by atoms with Gasteiger partial charge in [0.15, 0.2) is 0 Å². The third-order valence-electron chi connectivity index (χ3n) is 6.60. The van der Waals surface area contributed by atoms with Crippen LogP contribution in [0.1, 0.15) is 30.0 Å². The minimum atomic E-state index is -0.610. The molecule has 3 aromatic rings. The van der Waals surface area contributed by atoms with Gasteiger partial charge in [0.1, 0.15) is 18.5 Å². The summed E-state index contributed by atoms with van der Waals surface area (Å²) in [5, 5.41) is 14.8. The van der Waals surface area contributed by atoms with E-state index in [0.29, 0.717) is 13.1 Å². The summed E-state index contributed by atoms with van der Waals surface area (Å²) in [5.74, 6) is 0.730. The summed E-state index contributed by atoms with van der Waals surface area (Å²) in [6, 6.07) is 11.9. The molecule has 1 amide bonds. The zero-order chi connectivity index (χ0) is 25.2. The van der Waals surface area contributed by atoms with Crippen LogP contribution in [0.15, 0.2) is 36.4 Å². The number of nitrogens with one attached hydrogen (secondary N) is 1. The van der Waals surface area contributed by atoms with Gasteiger partial charge in [-0.25, -0.2) is 4.98 Å². The number of thiazole rings is 1. The highest BCUT2D eigenvalue weighted by molar-refractivity contribution is 7.18. The lowest BCUT2D eigenvalue weighted by Crippen LogP contribution is -2.61. The minimum absolute atomic E-state index is 0.00681. The molecular formula is C27H36N4O3S. The maximum atomic E-state index is 12.7. The summed E-state index contributed by atoms with van der Waals surface area (Å²) in [5.41, 5.74) is 3.80. The number of ether oxygens (including phenoxy) is 1. The number of aromatic nitrogens is 1. The fourth-order valence-corrected chi connectivity index (χ4v) is 5.58. The zero-order valence-corrected chi connectivity index (χ0v) is 22.1. The maximum absolute atomic E-state index is 12.7. The number of para-hydroxylation sites is 1. The number of carbonyl (C=O) groups excluding carboxylic acids is 1. The number of hydrogen-bond donors (Lipinski definition) is 2. The molecule has 1 fully saturated rings. The SMILES string of the molecule is Cc1nc2cc(OC[C@@H](O)CN3CCN(CC(=O)Nc4c(C)cccc4C)CC3(C)C)ccc2s1. The highest BCUT2D eigenvalue weighted by Crippen LogP contribution is 2.26. The molecule has 0 unspecified atom stereocenters. The zero-order valence-electron chi connectivity index (χ0n) is 21.3. The largest absolute Gasteiger partial charge is 0.491 e. The quantitative estimate of drug-likeness (QED) is 0.491. The van der Waals surface area contributed by atoms with E-state index < -0.39 is 6.10 Å². The number of carbonyl (C=O) groups is 1. The summed E-state index contributed by atoms with van der Waals surface area (Å²) in [7, 11) is 0. The molecule has 4 rings (SSSR count). The van der Waals surface area contributed by atoms with Gasteiger partial charge in [0.05, 0.1) is 21.8 Å². The summed E-state index contributed by atoms with van der Waals surface area (Å²) >= 11 is 1.66. The molecule has 1 aliphatic rings. The fourth-order valence-electron chi connectivity index (χ4n) is 4.77. The van der Waals surface area contributed by atoms with Crippen LogP contribution in [-0.2, 0) is 4.79 Å². The predicted molar refractivity (Wildman–Crippen MR) is 142 cm³/mol. The van der Waals surface area contributed by atoms with Crippen molar-refractivity contribution in [3.63, 3.8) is 0 Å². The van der Waals surface area contributed by atoms with E-state index in [-0.39, 0.29) is 18.1 Å². The summed E-state index contributed by atoms with van der Waals surface area (Å²) < 4.78 is 7.01. The Morgan fingerprint density at radius 2 is 1.94 bits per heavy atom. The Bertz CT molecular complexity index is 1170. The Hall–Kier alpha value is -2.52. The Morgan fingerprint density at radius 1 is 1.20 bits per heavy atom. The molecular weight excluding hydrogens is 460 g/mol. The van der Waals surface area contributed by atoms with Crippen molar-refractivity contribution in [1.82, 2.24) is 14.8 Å². The van der Waals surface area contributed by atoms with E-state index in [0.717, 1.165) is 57.4 Å². The van der Waals surface area contributed by atoms with Gasteiger partial charge in [-0.1, -0.05) is 18.2 Å². The van der Waals surface area contributed by atoms with Gasteiger partial charge in [0.2, 0.25) is 5.91 Å². The fraction of sp³-hybridized carbons (Fsp3) is 0.481. The van der Waals surface area contributed by atoms with E-state index in [2.05, 4.69) is 33.9 Å². The number of aryl methyl sites for hydroxylation is 3. The van der Waals surface area contributed by atoms with Gasteiger partial charge in [-0.15, -0.1) is 11.3 Å². The Morgan fingerprint density at radius 3 is 2.66 bits per heavy atom. The van der Waals surface area contributed by atoms with Crippen molar-refractivity contribution in [2.24, 2.45) is 0 Å². The number of β-amino-alcohol motifs (C(OH)–C–C–N with tert-alkyl or cyclic N) is 1. The van der Waals surface area contributed by atoms with E-state index in [9.17, 15) is 9.90 Å². The van der Waals surface area contributed by atoms with E-state index in [1.165, 1.54) is 0 Å². The van der Waals surface area contributed by atoms with Crippen molar-refractivity contribution >= 4 is 33.1 Å². The topological polar surface area (TPSA) is 77.9 Å². The van der Waals surface area contributed by atoms with Crippen LogP contribution in [0.5, 0.6) is 5.75 Å². The maximum Gasteiger partial charge on any atom is 0.238 e. The highest BCUT2D eigenvalue weighted by Gasteiger charge is 2.35. The number of rotatable bonds is 8. The molecule has 2 N–H and O–H groups in total. The third-order valence-corrected chi connectivity index (χ3v) is 7.56. The molecule has 2 aromatic carbocycles. The van der Waals surface area contributed by atoms with Crippen LogP contribution in [0.2, 0.25) is 0 Å². The number of nitrogens with zero attached hydrogens (tertiary/aromatic N) is 3. The molecule has 1 saturated heterocycles. The van der Waals surface area contributed by atoms with Crippen LogP contribution < -0.4 is 10.1 Å². The van der Waals surface area contributed by atoms with Gasteiger partial charge in [0, 0.05) is 43.5 Å². The first-order valence-corrected chi connectivity index (χ1v) is 12.9. The lowest BCUT2D eigenvalue weighted by molar-refractivity contribution is -0.118. The summed E-state index contributed by atoms with van der Waals surface area (Å²) in [6.45, 7) is 13.8. The number of aliphatic hydroxyl groups excluding tert-OH is 1. The van der Waals surface area contributed by atoms with Crippen LogP contribution >= 0.6 is 11.3 Å². The molecule has 1 aromatic heterocycles. The van der Waals surface area contributed by atoms with Crippen molar-refractivity contribution in [1.29, 1.82) is 0 Å². The number of aliphatic hydroxyl groups is 1. The molecule has 1 aliphatic heterocycles. The molecule has 2 heterocycles. The molecule has 35 heavy (non-hydrogen) atoms. The van der Waals surface area contributed by atoms with Gasteiger partial charge in [0.25, 0.3) is 0 Å². The average Bonchev–Trinajstić information content (AvgIpc) is 3.16. The number of hydrogen-bond acceptors (Lipinski definition) is 7. The van der Waals surface area contributed by atoms with Crippen molar-refractivity contribution in [3.8, 4) is 5.75 Å². The number of amides is 1. The number of fused-ring (bicyclic) bond motifs is 1. The van der Waals surface area contributed by atoms with Crippen molar-refractivity contribution in [2.75, 3.05) is 44.6 Å². The molecule has 0 saturated carbocycles.